The van der Waals surface area contributed by atoms with Crippen molar-refractivity contribution in [2.45, 2.75) is 16.6 Å². The molecule has 122 valence electrons. The van der Waals surface area contributed by atoms with Gasteiger partial charge in [0, 0.05) is 16.3 Å². The second kappa shape index (κ2) is 6.67. The minimum atomic E-state index is -1.07. The van der Waals surface area contributed by atoms with Crippen molar-refractivity contribution >= 4 is 46.8 Å². The standard InChI is InChI=1S/C17H12ClNO4S/c18-10-4-3-5-11(8-10)19-15(20)9-14(16(19)21)24-13-7-2-1-6-12(13)17(22)23/h1-8,14H,9H2,(H,22,23). The van der Waals surface area contributed by atoms with E-state index < -0.39 is 11.2 Å². The maximum atomic E-state index is 12.6. The normalized spacial score (nSPS) is 17.4. The molecule has 5 nitrogen and oxygen atoms in total. The second-order valence-corrected chi connectivity index (χ2v) is 6.84. The van der Waals surface area contributed by atoms with Crippen molar-refractivity contribution in [3.8, 4) is 0 Å². The van der Waals surface area contributed by atoms with Crippen molar-refractivity contribution in [1.29, 1.82) is 0 Å². The number of carboxylic acids is 1. The number of carboxylic acid groups (broad SMARTS) is 1. The number of hydrogen-bond donors (Lipinski definition) is 1. The number of anilines is 1. The summed E-state index contributed by atoms with van der Waals surface area (Å²) < 4.78 is 0. The average Bonchev–Trinajstić information content (AvgIpc) is 2.81. The molecule has 2 amide bonds. The zero-order valence-corrected chi connectivity index (χ0v) is 13.9. The van der Waals surface area contributed by atoms with Crippen molar-refractivity contribution in [3.05, 3.63) is 59.1 Å². The van der Waals surface area contributed by atoms with Gasteiger partial charge in [0.15, 0.2) is 0 Å². The lowest BCUT2D eigenvalue weighted by Crippen LogP contribution is -2.31. The topological polar surface area (TPSA) is 74.7 Å². The first-order chi connectivity index (χ1) is 11.5. The van der Waals surface area contributed by atoms with Gasteiger partial charge in [-0.1, -0.05) is 29.8 Å². The Balaban J connectivity index is 1.86. The molecule has 2 aromatic carbocycles. The molecule has 0 spiro atoms. The number of hydrogen-bond acceptors (Lipinski definition) is 4. The lowest BCUT2D eigenvalue weighted by Gasteiger charge is -2.15. The number of nitrogens with zero attached hydrogens (tertiary/aromatic N) is 1. The van der Waals surface area contributed by atoms with Gasteiger partial charge in [0.2, 0.25) is 11.8 Å². The third-order valence-corrected chi connectivity index (χ3v) is 5.06. The minimum absolute atomic E-state index is 0.0178. The van der Waals surface area contributed by atoms with E-state index in [9.17, 15) is 19.5 Å². The van der Waals surface area contributed by atoms with Gasteiger partial charge in [-0.05, 0) is 30.3 Å². The van der Waals surface area contributed by atoms with Gasteiger partial charge >= 0.3 is 5.97 Å². The van der Waals surface area contributed by atoms with Crippen LogP contribution in [-0.2, 0) is 9.59 Å². The largest absolute Gasteiger partial charge is 0.478 e. The van der Waals surface area contributed by atoms with Crippen LogP contribution in [0.4, 0.5) is 5.69 Å². The van der Waals surface area contributed by atoms with Crippen LogP contribution in [0, 0.1) is 0 Å². The summed E-state index contributed by atoms with van der Waals surface area (Å²) in [5, 5.41) is 9.00. The fourth-order valence-corrected chi connectivity index (χ4v) is 3.84. The Bertz CT molecular complexity index is 839. The van der Waals surface area contributed by atoms with Crippen LogP contribution in [0.25, 0.3) is 0 Å². The Morgan fingerprint density at radius 2 is 1.92 bits per heavy atom. The number of amides is 2. The van der Waals surface area contributed by atoms with Gasteiger partial charge in [0.05, 0.1) is 16.5 Å². The molecule has 7 heteroatoms. The zero-order valence-electron chi connectivity index (χ0n) is 12.3. The Hall–Kier alpha value is -2.31. The van der Waals surface area contributed by atoms with Gasteiger partial charge in [0.25, 0.3) is 0 Å². The number of imide groups is 1. The predicted molar refractivity (Wildman–Crippen MR) is 91.6 cm³/mol. The van der Waals surface area contributed by atoms with E-state index >= 15 is 0 Å². The number of carbonyl (C=O) groups excluding carboxylic acids is 2. The highest BCUT2D eigenvalue weighted by Gasteiger charge is 2.40. The lowest BCUT2D eigenvalue weighted by atomic mass is 10.2. The molecule has 0 aliphatic carbocycles. The van der Waals surface area contributed by atoms with E-state index in [4.69, 9.17) is 11.6 Å². The first-order valence-corrected chi connectivity index (χ1v) is 8.34. The minimum Gasteiger partial charge on any atom is -0.478 e. The summed E-state index contributed by atoms with van der Waals surface area (Å²) in [6, 6.07) is 12.9. The third kappa shape index (κ3) is 3.16. The predicted octanol–water partition coefficient (Wildman–Crippen LogP) is 3.46. The molecular weight excluding hydrogens is 350 g/mol. The molecule has 0 aromatic heterocycles. The van der Waals surface area contributed by atoms with Crippen molar-refractivity contribution in [3.63, 3.8) is 0 Å². The van der Waals surface area contributed by atoms with Gasteiger partial charge in [-0.2, -0.15) is 0 Å². The van der Waals surface area contributed by atoms with E-state index in [-0.39, 0.29) is 23.8 Å². The smallest absolute Gasteiger partial charge is 0.336 e. The number of benzene rings is 2. The summed E-state index contributed by atoms with van der Waals surface area (Å²) in [6.45, 7) is 0. The second-order valence-electron chi connectivity index (χ2n) is 5.16. The third-order valence-electron chi connectivity index (χ3n) is 3.56. The maximum Gasteiger partial charge on any atom is 0.336 e. The molecule has 0 radical (unpaired) electrons. The van der Waals surface area contributed by atoms with E-state index in [1.54, 1.807) is 42.5 Å². The number of rotatable bonds is 4. The fourth-order valence-electron chi connectivity index (χ4n) is 2.48. The summed E-state index contributed by atoms with van der Waals surface area (Å²) in [4.78, 5) is 37.7. The fraction of sp³-hybridized carbons (Fsp3) is 0.118. The summed E-state index contributed by atoms with van der Waals surface area (Å²) in [7, 11) is 0. The number of halogens is 1. The van der Waals surface area contributed by atoms with Gasteiger partial charge in [0.1, 0.15) is 0 Å². The van der Waals surface area contributed by atoms with Crippen molar-refractivity contribution in [2.24, 2.45) is 0 Å². The van der Waals surface area contributed by atoms with E-state index in [0.717, 1.165) is 16.7 Å². The highest BCUT2D eigenvalue weighted by molar-refractivity contribution is 8.00. The molecule has 1 fully saturated rings. The summed E-state index contributed by atoms with van der Waals surface area (Å²) in [5.41, 5.74) is 0.538. The van der Waals surface area contributed by atoms with Crippen LogP contribution in [0.5, 0.6) is 0 Å². The SMILES string of the molecule is O=C(O)c1ccccc1SC1CC(=O)N(c2cccc(Cl)c2)C1=O. The first kappa shape index (κ1) is 16.5. The van der Waals surface area contributed by atoms with Crippen LogP contribution in [0.15, 0.2) is 53.4 Å². The molecule has 1 aliphatic rings. The molecule has 1 saturated heterocycles. The zero-order chi connectivity index (χ0) is 17.3. The maximum absolute atomic E-state index is 12.6. The lowest BCUT2D eigenvalue weighted by molar-refractivity contribution is -0.121. The van der Waals surface area contributed by atoms with Crippen LogP contribution < -0.4 is 4.90 Å². The molecule has 1 unspecified atom stereocenters. The molecule has 2 aromatic rings. The molecule has 0 bridgehead atoms. The van der Waals surface area contributed by atoms with Gasteiger partial charge < -0.3 is 5.11 Å². The van der Waals surface area contributed by atoms with Crippen LogP contribution >= 0.6 is 23.4 Å². The highest BCUT2D eigenvalue weighted by Crippen LogP contribution is 2.35. The highest BCUT2D eigenvalue weighted by atomic mass is 35.5. The number of aromatic carboxylic acids is 1. The number of carbonyl (C=O) groups is 3. The number of thioether (sulfide) groups is 1. The van der Waals surface area contributed by atoms with Crippen LogP contribution in [-0.4, -0.2) is 28.1 Å². The summed E-state index contributed by atoms with van der Waals surface area (Å²) in [6.07, 6.45) is 0.0178. The van der Waals surface area contributed by atoms with Crippen LogP contribution in [0.2, 0.25) is 5.02 Å². The van der Waals surface area contributed by atoms with Gasteiger partial charge in [-0.25, -0.2) is 9.69 Å². The molecule has 3 rings (SSSR count). The summed E-state index contributed by atoms with van der Waals surface area (Å²) in [5.74, 6) is -1.76. The van der Waals surface area contributed by atoms with Gasteiger partial charge in [-0.15, -0.1) is 11.8 Å². The van der Waals surface area contributed by atoms with E-state index in [2.05, 4.69) is 0 Å². The van der Waals surface area contributed by atoms with Crippen LogP contribution in [0.1, 0.15) is 16.8 Å². The molecular formula is C17H12ClNO4S. The Morgan fingerprint density at radius 3 is 2.62 bits per heavy atom. The Morgan fingerprint density at radius 1 is 1.17 bits per heavy atom. The summed E-state index contributed by atoms with van der Waals surface area (Å²) >= 11 is 7.02. The van der Waals surface area contributed by atoms with E-state index in [1.165, 1.54) is 6.07 Å². The molecule has 1 atom stereocenters. The van der Waals surface area contributed by atoms with Crippen molar-refractivity contribution in [2.75, 3.05) is 4.90 Å². The van der Waals surface area contributed by atoms with Crippen molar-refractivity contribution in [1.82, 2.24) is 0 Å². The average molecular weight is 362 g/mol. The van der Waals surface area contributed by atoms with Crippen molar-refractivity contribution < 1.29 is 19.5 Å². The molecule has 1 heterocycles. The molecule has 1 aliphatic heterocycles. The Kier molecular flexibility index (Phi) is 4.59. The quantitative estimate of drug-likeness (QED) is 0.844. The molecule has 0 saturated carbocycles. The Labute approximate surface area is 147 Å². The van der Waals surface area contributed by atoms with E-state index in [1.807, 2.05) is 0 Å². The van der Waals surface area contributed by atoms with Gasteiger partial charge in [-0.3, -0.25) is 9.59 Å². The monoisotopic (exact) mass is 361 g/mol. The molecule has 24 heavy (non-hydrogen) atoms. The first-order valence-electron chi connectivity index (χ1n) is 7.08. The van der Waals surface area contributed by atoms with E-state index in [0.29, 0.717) is 15.6 Å². The molecule has 1 N–H and O–H groups in total. The van der Waals surface area contributed by atoms with Crippen LogP contribution in [0.3, 0.4) is 0 Å².